The molecule has 3 rings (SSSR count). The number of hydrogen-bond donors (Lipinski definition) is 2. The van der Waals surface area contributed by atoms with Gasteiger partial charge >= 0.3 is 0 Å². The number of anilines is 1. The van der Waals surface area contributed by atoms with Gasteiger partial charge in [-0.25, -0.2) is 0 Å². The molecule has 0 saturated carbocycles. The van der Waals surface area contributed by atoms with E-state index in [1.165, 1.54) is 6.92 Å². The minimum absolute atomic E-state index is 0.121. The fourth-order valence-corrected chi connectivity index (χ4v) is 3.66. The SMILES string of the molecule is COc1ccc(-c2ccccc2NC(=O)[C@H]2CCCN2C(=O)CCNC(C)=O)cc1. The molecule has 1 fully saturated rings. The molecule has 1 aliphatic rings. The smallest absolute Gasteiger partial charge is 0.247 e. The second-order valence-corrected chi connectivity index (χ2v) is 7.24. The van der Waals surface area contributed by atoms with Gasteiger partial charge in [-0.2, -0.15) is 0 Å². The average Bonchev–Trinajstić information content (AvgIpc) is 3.24. The Morgan fingerprint density at radius 3 is 2.53 bits per heavy atom. The summed E-state index contributed by atoms with van der Waals surface area (Å²) in [5.41, 5.74) is 2.56. The molecule has 2 aromatic rings. The molecule has 7 nitrogen and oxygen atoms in total. The van der Waals surface area contributed by atoms with Gasteiger partial charge in [0.2, 0.25) is 17.7 Å². The zero-order chi connectivity index (χ0) is 21.5. The van der Waals surface area contributed by atoms with E-state index in [0.29, 0.717) is 18.7 Å². The van der Waals surface area contributed by atoms with Crippen LogP contribution >= 0.6 is 0 Å². The van der Waals surface area contributed by atoms with E-state index in [1.807, 2.05) is 48.5 Å². The highest BCUT2D eigenvalue weighted by Crippen LogP contribution is 2.30. The zero-order valence-corrected chi connectivity index (χ0v) is 17.3. The van der Waals surface area contributed by atoms with Crippen LogP contribution in [0.15, 0.2) is 48.5 Å². The van der Waals surface area contributed by atoms with E-state index in [-0.39, 0.29) is 30.7 Å². The summed E-state index contributed by atoms with van der Waals surface area (Å²) in [4.78, 5) is 38.1. The van der Waals surface area contributed by atoms with E-state index in [4.69, 9.17) is 4.74 Å². The van der Waals surface area contributed by atoms with E-state index in [0.717, 1.165) is 23.3 Å². The number of ether oxygens (including phenoxy) is 1. The van der Waals surface area contributed by atoms with E-state index in [9.17, 15) is 14.4 Å². The second-order valence-electron chi connectivity index (χ2n) is 7.24. The van der Waals surface area contributed by atoms with Gasteiger partial charge in [0.25, 0.3) is 0 Å². The molecule has 0 bridgehead atoms. The van der Waals surface area contributed by atoms with Crippen molar-refractivity contribution < 1.29 is 19.1 Å². The van der Waals surface area contributed by atoms with Crippen LogP contribution in [-0.2, 0) is 14.4 Å². The molecule has 0 radical (unpaired) electrons. The molecule has 158 valence electrons. The molecule has 3 amide bonds. The lowest BCUT2D eigenvalue weighted by molar-refractivity contribution is -0.136. The Bertz CT molecular complexity index is 911. The van der Waals surface area contributed by atoms with Crippen LogP contribution in [0, 0.1) is 0 Å². The Hall–Kier alpha value is -3.35. The van der Waals surface area contributed by atoms with E-state index >= 15 is 0 Å². The summed E-state index contributed by atoms with van der Waals surface area (Å²) in [6.45, 7) is 2.24. The van der Waals surface area contributed by atoms with E-state index < -0.39 is 6.04 Å². The quantitative estimate of drug-likeness (QED) is 0.736. The van der Waals surface area contributed by atoms with Crippen LogP contribution in [0.3, 0.4) is 0 Å². The summed E-state index contributed by atoms with van der Waals surface area (Å²) in [5.74, 6) is 0.277. The van der Waals surface area contributed by atoms with Crippen LogP contribution in [0.25, 0.3) is 11.1 Å². The Balaban J connectivity index is 1.70. The summed E-state index contributed by atoms with van der Waals surface area (Å²) in [6.07, 6.45) is 1.60. The van der Waals surface area contributed by atoms with Crippen molar-refractivity contribution in [3.63, 3.8) is 0 Å². The van der Waals surface area contributed by atoms with Crippen molar-refractivity contribution in [3.05, 3.63) is 48.5 Å². The summed E-state index contributed by atoms with van der Waals surface area (Å²) >= 11 is 0. The molecule has 2 aromatic carbocycles. The minimum atomic E-state index is -0.501. The summed E-state index contributed by atoms with van der Waals surface area (Å²) < 4.78 is 5.21. The van der Waals surface area contributed by atoms with Gasteiger partial charge in [0, 0.05) is 37.7 Å². The van der Waals surface area contributed by atoms with Gasteiger partial charge in [0.15, 0.2) is 0 Å². The highest BCUT2D eigenvalue weighted by Gasteiger charge is 2.34. The molecular formula is C23H27N3O4. The van der Waals surface area contributed by atoms with Gasteiger partial charge in [0.1, 0.15) is 11.8 Å². The van der Waals surface area contributed by atoms with Crippen molar-refractivity contribution in [2.75, 3.05) is 25.5 Å². The number of nitrogens with zero attached hydrogens (tertiary/aromatic N) is 1. The Morgan fingerprint density at radius 1 is 1.10 bits per heavy atom. The van der Waals surface area contributed by atoms with Gasteiger partial charge in [-0.1, -0.05) is 30.3 Å². The lowest BCUT2D eigenvalue weighted by atomic mass is 10.0. The number of benzene rings is 2. The molecule has 0 spiro atoms. The zero-order valence-electron chi connectivity index (χ0n) is 17.3. The number of carbonyl (C=O) groups excluding carboxylic acids is 3. The number of rotatable bonds is 7. The maximum absolute atomic E-state index is 13.0. The van der Waals surface area contributed by atoms with Crippen LogP contribution < -0.4 is 15.4 Å². The first-order valence-electron chi connectivity index (χ1n) is 10.1. The predicted molar refractivity (Wildman–Crippen MR) is 115 cm³/mol. The van der Waals surface area contributed by atoms with E-state index in [1.54, 1.807) is 12.0 Å². The van der Waals surface area contributed by atoms with Crippen LogP contribution in [-0.4, -0.2) is 48.9 Å². The highest BCUT2D eigenvalue weighted by atomic mass is 16.5. The number of nitrogens with one attached hydrogen (secondary N) is 2. The van der Waals surface area contributed by atoms with Gasteiger partial charge in [-0.15, -0.1) is 0 Å². The third-order valence-electron chi connectivity index (χ3n) is 5.17. The fourth-order valence-electron chi connectivity index (χ4n) is 3.66. The molecule has 0 aromatic heterocycles. The third-order valence-corrected chi connectivity index (χ3v) is 5.17. The van der Waals surface area contributed by atoms with Crippen LogP contribution in [0.4, 0.5) is 5.69 Å². The molecule has 1 aliphatic heterocycles. The standard InChI is InChI=1S/C23H27N3O4/c1-16(27)24-14-13-22(28)26-15-5-8-21(26)23(29)25-20-7-4-3-6-19(20)17-9-11-18(30-2)12-10-17/h3-4,6-7,9-12,21H,5,8,13-15H2,1-2H3,(H,24,27)(H,25,29)/t21-/m1/s1. The molecule has 1 saturated heterocycles. The first-order valence-corrected chi connectivity index (χ1v) is 10.1. The monoisotopic (exact) mass is 409 g/mol. The van der Waals surface area contributed by atoms with Crippen molar-refractivity contribution >= 4 is 23.4 Å². The van der Waals surface area contributed by atoms with Crippen LogP contribution in [0.5, 0.6) is 5.75 Å². The second kappa shape index (κ2) is 9.91. The summed E-state index contributed by atoms with van der Waals surface area (Å²) in [6, 6.07) is 14.7. The Kier molecular flexibility index (Phi) is 7.06. The van der Waals surface area contributed by atoms with Gasteiger partial charge in [0.05, 0.1) is 7.11 Å². The van der Waals surface area contributed by atoms with Crippen molar-refractivity contribution in [1.82, 2.24) is 10.2 Å². The van der Waals surface area contributed by atoms with Crippen molar-refractivity contribution in [2.24, 2.45) is 0 Å². The highest BCUT2D eigenvalue weighted by molar-refractivity contribution is 6.00. The summed E-state index contributed by atoms with van der Waals surface area (Å²) in [7, 11) is 1.62. The minimum Gasteiger partial charge on any atom is -0.497 e. The molecule has 2 N–H and O–H groups in total. The largest absolute Gasteiger partial charge is 0.497 e. The normalized spacial score (nSPS) is 15.5. The number of methoxy groups -OCH3 is 1. The van der Waals surface area contributed by atoms with Crippen LogP contribution in [0.2, 0.25) is 0 Å². The van der Waals surface area contributed by atoms with Crippen molar-refractivity contribution in [2.45, 2.75) is 32.2 Å². The van der Waals surface area contributed by atoms with Crippen molar-refractivity contribution in [3.8, 4) is 16.9 Å². The Labute approximate surface area is 176 Å². The molecular weight excluding hydrogens is 382 g/mol. The number of likely N-dealkylation sites (tertiary alicyclic amines) is 1. The Morgan fingerprint density at radius 2 is 1.83 bits per heavy atom. The average molecular weight is 409 g/mol. The number of para-hydroxylation sites is 1. The molecule has 1 heterocycles. The van der Waals surface area contributed by atoms with Gasteiger partial charge in [-0.05, 0) is 36.6 Å². The molecule has 0 unspecified atom stereocenters. The topological polar surface area (TPSA) is 87.7 Å². The third kappa shape index (κ3) is 5.17. The fraction of sp³-hybridized carbons (Fsp3) is 0.348. The predicted octanol–water partition coefficient (Wildman–Crippen LogP) is 2.82. The maximum Gasteiger partial charge on any atom is 0.247 e. The molecule has 0 aliphatic carbocycles. The first kappa shape index (κ1) is 21.4. The van der Waals surface area contributed by atoms with Crippen molar-refractivity contribution in [1.29, 1.82) is 0 Å². The lowest BCUT2D eigenvalue weighted by Crippen LogP contribution is -2.44. The molecule has 1 atom stereocenters. The van der Waals surface area contributed by atoms with Gasteiger partial charge in [-0.3, -0.25) is 14.4 Å². The molecule has 30 heavy (non-hydrogen) atoms. The first-order chi connectivity index (χ1) is 14.5. The molecule has 7 heteroatoms. The van der Waals surface area contributed by atoms with Gasteiger partial charge < -0.3 is 20.3 Å². The number of hydrogen-bond acceptors (Lipinski definition) is 4. The van der Waals surface area contributed by atoms with E-state index in [2.05, 4.69) is 10.6 Å². The number of amides is 3. The maximum atomic E-state index is 13.0. The lowest BCUT2D eigenvalue weighted by Gasteiger charge is -2.24. The summed E-state index contributed by atoms with van der Waals surface area (Å²) in [5, 5.41) is 5.63. The number of carbonyl (C=O) groups is 3. The van der Waals surface area contributed by atoms with Crippen LogP contribution in [0.1, 0.15) is 26.2 Å².